The van der Waals surface area contributed by atoms with Crippen molar-refractivity contribution in [3.05, 3.63) is 72.9 Å². The smallest absolute Gasteiger partial charge is 0.306 e. The van der Waals surface area contributed by atoms with Crippen LogP contribution in [0.3, 0.4) is 0 Å². The first-order valence-electron chi connectivity index (χ1n) is 23.5. The van der Waals surface area contributed by atoms with Gasteiger partial charge in [-0.15, -0.1) is 0 Å². The fourth-order valence-electron chi connectivity index (χ4n) is 6.30. The molecule has 1 unspecified atom stereocenters. The second-order valence-corrected chi connectivity index (χ2v) is 15.3. The third-order valence-electron chi connectivity index (χ3n) is 9.74. The van der Waals surface area contributed by atoms with Crippen molar-refractivity contribution in [1.29, 1.82) is 0 Å². The van der Waals surface area contributed by atoms with Gasteiger partial charge in [0.2, 0.25) is 0 Å². The Bertz CT molecular complexity index is 1020. The molecule has 0 heterocycles. The van der Waals surface area contributed by atoms with Crippen LogP contribution in [0.4, 0.5) is 0 Å². The molecule has 0 radical (unpaired) electrons. The molecule has 0 bridgehead atoms. The highest BCUT2D eigenvalue weighted by Crippen LogP contribution is 2.13. The first-order chi connectivity index (χ1) is 27.6. The Morgan fingerprint density at radius 1 is 0.411 bits per heavy atom. The van der Waals surface area contributed by atoms with Crippen LogP contribution in [0, 0.1) is 0 Å². The number of hydrogen-bond acceptors (Lipinski definition) is 5. The maximum absolute atomic E-state index is 12.7. The van der Waals surface area contributed by atoms with Crippen LogP contribution in [0.25, 0.3) is 0 Å². The highest BCUT2D eigenvalue weighted by Gasteiger charge is 2.17. The quantitative estimate of drug-likeness (QED) is 0.0351. The Kier molecular flexibility index (Phi) is 44.5. The highest BCUT2D eigenvalue weighted by atomic mass is 16.6. The largest absolute Gasteiger partial charge is 0.462 e. The first-order valence-corrected chi connectivity index (χ1v) is 23.5. The monoisotopic (exact) mass is 781 g/mol. The molecule has 0 fully saturated rings. The summed E-state index contributed by atoms with van der Waals surface area (Å²) in [5, 5.41) is 0. The molecule has 0 saturated heterocycles. The van der Waals surface area contributed by atoms with E-state index in [1.807, 2.05) is 0 Å². The van der Waals surface area contributed by atoms with Crippen LogP contribution in [-0.2, 0) is 23.8 Å². The number of hydrogen-bond donors (Lipinski definition) is 0. The molecule has 5 heteroatoms. The van der Waals surface area contributed by atoms with Gasteiger partial charge in [-0.25, -0.2) is 0 Å². The van der Waals surface area contributed by atoms with Crippen LogP contribution < -0.4 is 0 Å². The minimum absolute atomic E-state index is 0.0636. The molecule has 1 atom stereocenters. The molecule has 0 aromatic heterocycles. The zero-order valence-corrected chi connectivity index (χ0v) is 36.9. The third kappa shape index (κ3) is 44.1. The number of ether oxygens (including phenoxy) is 3. The molecule has 0 N–H and O–H groups in total. The normalized spacial score (nSPS) is 12.8. The van der Waals surface area contributed by atoms with E-state index in [1.54, 1.807) is 0 Å². The summed E-state index contributed by atoms with van der Waals surface area (Å²) in [5.74, 6) is -0.450. The van der Waals surface area contributed by atoms with Crippen LogP contribution in [0.5, 0.6) is 0 Å². The fraction of sp³-hybridized carbons (Fsp3) is 0.725. The van der Waals surface area contributed by atoms with E-state index in [2.05, 4.69) is 93.7 Å². The van der Waals surface area contributed by atoms with Crippen molar-refractivity contribution in [3.8, 4) is 0 Å². The molecule has 0 rings (SSSR count). The predicted molar refractivity (Wildman–Crippen MR) is 242 cm³/mol. The molecule has 5 nitrogen and oxygen atoms in total. The highest BCUT2D eigenvalue weighted by molar-refractivity contribution is 5.70. The third-order valence-corrected chi connectivity index (χ3v) is 9.74. The minimum atomic E-state index is -0.557. The molecule has 0 aliphatic rings. The number of carbonyl (C=O) groups is 2. The van der Waals surface area contributed by atoms with Crippen LogP contribution in [-0.4, -0.2) is 37.9 Å². The van der Waals surface area contributed by atoms with Crippen LogP contribution in [0.1, 0.15) is 213 Å². The zero-order valence-electron chi connectivity index (χ0n) is 36.9. The fourth-order valence-corrected chi connectivity index (χ4v) is 6.30. The Morgan fingerprint density at radius 2 is 0.804 bits per heavy atom. The SMILES string of the molecule is CC/C=C\C/C=C\C/C=C\CCCCCCCC(=O)OCC(COCCCCCCCCCCCCCC)OC(=O)CCCCC/C=C\C/C=C\C/C=C\CC. The molecular formula is C51H88O5. The summed E-state index contributed by atoms with van der Waals surface area (Å²) >= 11 is 0. The maximum atomic E-state index is 12.7. The van der Waals surface area contributed by atoms with E-state index in [1.165, 1.54) is 77.0 Å². The summed E-state index contributed by atoms with van der Waals surface area (Å²) in [5.41, 5.74) is 0. The van der Waals surface area contributed by atoms with E-state index in [4.69, 9.17) is 14.2 Å². The minimum Gasteiger partial charge on any atom is -0.462 e. The van der Waals surface area contributed by atoms with E-state index in [0.717, 1.165) is 103 Å². The molecule has 322 valence electrons. The zero-order chi connectivity index (χ0) is 40.7. The molecule has 0 saturated carbocycles. The average molecular weight is 781 g/mol. The summed E-state index contributed by atoms with van der Waals surface area (Å²) in [6, 6.07) is 0. The number of rotatable bonds is 42. The van der Waals surface area contributed by atoms with Crippen molar-refractivity contribution in [2.75, 3.05) is 19.8 Å². The van der Waals surface area contributed by atoms with Gasteiger partial charge < -0.3 is 14.2 Å². The van der Waals surface area contributed by atoms with Gasteiger partial charge >= 0.3 is 11.9 Å². The number of unbranched alkanes of at least 4 members (excludes halogenated alkanes) is 19. The average Bonchev–Trinajstić information content (AvgIpc) is 3.20. The van der Waals surface area contributed by atoms with E-state index < -0.39 is 6.10 Å². The van der Waals surface area contributed by atoms with Crippen molar-refractivity contribution in [2.45, 2.75) is 219 Å². The Hall–Kier alpha value is -2.66. The van der Waals surface area contributed by atoms with E-state index in [-0.39, 0.29) is 25.2 Å². The van der Waals surface area contributed by atoms with Gasteiger partial charge in [-0.3, -0.25) is 9.59 Å². The van der Waals surface area contributed by atoms with Crippen molar-refractivity contribution >= 4 is 11.9 Å². The Morgan fingerprint density at radius 3 is 1.30 bits per heavy atom. The summed E-state index contributed by atoms with van der Waals surface area (Å²) in [7, 11) is 0. The van der Waals surface area contributed by atoms with Gasteiger partial charge in [-0.2, -0.15) is 0 Å². The lowest BCUT2D eigenvalue weighted by Gasteiger charge is -2.18. The van der Waals surface area contributed by atoms with E-state index in [9.17, 15) is 9.59 Å². The topological polar surface area (TPSA) is 61.8 Å². The molecule has 0 aromatic rings. The number of esters is 2. The van der Waals surface area contributed by atoms with Crippen molar-refractivity contribution < 1.29 is 23.8 Å². The van der Waals surface area contributed by atoms with Gasteiger partial charge in [0.1, 0.15) is 6.61 Å². The Labute approximate surface area is 347 Å². The van der Waals surface area contributed by atoms with E-state index >= 15 is 0 Å². The number of carbonyl (C=O) groups excluding carboxylic acids is 2. The molecule has 0 spiro atoms. The second kappa shape index (κ2) is 46.7. The maximum Gasteiger partial charge on any atom is 0.306 e. The van der Waals surface area contributed by atoms with Crippen LogP contribution in [0.15, 0.2) is 72.9 Å². The summed E-state index contributed by atoms with van der Waals surface area (Å²) in [6.07, 6.45) is 59.0. The lowest BCUT2D eigenvalue weighted by molar-refractivity contribution is -0.163. The second-order valence-electron chi connectivity index (χ2n) is 15.3. The lowest BCUT2D eigenvalue weighted by Crippen LogP contribution is -2.30. The van der Waals surface area contributed by atoms with Gasteiger partial charge in [0.05, 0.1) is 6.61 Å². The van der Waals surface area contributed by atoms with Crippen molar-refractivity contribution in [2.24, 2.45) is 0 Å². The van der Waals surface area contributed by atoms with Gasteiger partial charge in [-0.1, -0.05) is 190 Å². The molecule has 0 amide bonds. The van der Waals surface area contributed by atoms with Gasteiger partial charge in [0, 0.05) is 19.4 Å². The molecule has 0 aliphatic carbocycles. The molecule has 0 aromatic carbocycles. The van der Waals surface area contributed by atoms with E-state index in [0.29, 0.717) is 19.4 Å². The van der Waals surface area contributed by atoms with Gasteiger partial charge in [0.25, 0.3) is 0 Å². The van der Waals surface area contributed by atoms with Gasteiger partial charge in [0.15, 0.2) is 6.10 Å². The predicted octanol–water partition coefficient (Wildman–Crippen LogP) is 15.6. The number of allylic oxidation sites excluding steroid dienone is 12. The Balaban J connectivity index is 4.33. The molecular weight excluding hydrogens is 693 g/mol. The summed E-state index contributed by atoms with van der Waals surface area (Å²) < 4.78 is 17.3. The summed E-state index contributed by atoms with van der Waals surface area (Å²) in [4.78, 5) is 25.3. The summed E-state index contributed by atoms with van der Waals surface area (Å²) in [6.45, 7) is 7.55. The standard InChI is InChI=1S/C51H88O5/c1-4-7-10-13-16-19-22-25-26-28-29-32-35-38-41-44-50(52)55-48-49(47-54-46-43-40-37-34-31-24-21-18-15-12-9-6-3)56-51(53)45-42-39-36-33-30-27-23-20-17-14-11-8-5-2/h7-8,10-11,16-17,19-20,25-27,30,49H,4-6,9,12-15,18,21-24,28-29,31-48H2,1-3H3/b10-7-,11-8-,19-16-,20-17-,26-25-,30-27-. The van der Waals surface area contributed by atoms with Gasteiger partial charge in [-0.05, 0) is 83.5 Å². The van der Waals surface area contributed by atoms with Crippen molar-refractivity contribution in [1.82, 2.24) is 0 Å². The van der Waals surface area contributed by atoms with Crippen LogP contribution in [0.2, 0.25) is 0 Å². The van der Waals surface area contributed by atoms with Crippen LogP contribution >= 0.6 is 0 Å². The molecule has 56 heavy (non-hydrogen) atoms. The molecule has 0 aliphatic heterocycles. The first kappa shape index (κ1) is 53.3. The van der Waals surface area contributed by atoms with Crippen molar-refractivity contribution in [3.63, 3.8) is 0 Å². The lowest BCUT2D eigenvalue weighted by atomic mass is 10.1.